The number of pyridine rings is 1. The van der Waals surface area contributed by atoms with Crippen molar-refractivity contribution < 1.29 is 0 Å². The summed E-state index contributed by atoms with van der Waals surface area (Å²) >= 11 is 0. The summed E-state index contributed by atoms with van der Waals surface area (Å²) in [6.07, 6.45) is 4.36. The summed E-state index contributed by atoms with van der Waals surface area (Å²) in [6, 6.07) is 5.96. The molecule has 0 amide bonds. The van der Waals surface area contributed by atoms with Gasteiger partial charge in [0.25, 0.3) is 5.56 Å². The Morgan fingerprint density at radius 3 is 2.73 bits per heavy atom. The van der Waals surface area contributed by atoms with Crippen LogP contribution < -0.4 is 16.2 Å². The lowest BCUT2D eigenvalue weighted by molar-refractivity contribution is 0.474. The molecule has 5 rings (SSSR count). The number of H-pyrrole nitrogens is 1. The molecular formula is C24H30N8O. The van der Waals surface area contributed by atoms with Crippen LogP contribution in [0.15, 0.2) is 35.4 Å². The van der Waals surface area contributed by atoms with Gasteiger partial charge >= 0.3 is 0 Å². The number of hydrogen-bond acceptors (Lipinski definition) is 6. The van der Waals surface area contributed by atoms with Gasteiger partial charge in [0.05, 0.1) is 5.69 Å². The van der Waals surface area contributed by atoms with Gasteiger partial charge in [0.15, 0.2) is 5.65 Å². The molecule has 9 heteroatoms. The predicted octanol–water partition coefficient (Wildman–Crippen LogP) is 3.57. The molecule has 0 fully saturated rings. The second kappa shape index (κ2) is 7.84. The third kappa shape index (κ3) is 3.82. The van der Waals surface area contributed by atoms with Crippen LogP contribution in [-0.2, 0) is 18.4 Å². The molecule has 0 saturated carbocycles. The van der Waals surface area contributed by atoms with Crippen molar-refractivity contribution in [1.29, 1.82) is 0 Å². The van der Waals surface area contributed by atoms with E-state index >= 15 is 0 Å². The van der Waals surface area contributed by atoms with Gasteiger partial charge < -0.3 is 15.6 Å². The molecular weight excluding hydrogens is 416 g/mol. The number of aromatic amines is 1. The van der Waals surface area contributed by atoms with Gasteiger partial charge in [0.1, 0.15) is 11.2 Å². The monoisotopic (exact) mass is 446 g/mol. The molecule has 3 N–H and O–H groups in total. The van der Waals surface area contributed by atoms with Gasteiger partial charge in [-0.05, 0) is 37.6 Å². The fourth-order valence-corrected chi connectivity index (χ4v) is 4.28. The minimum Gasteiger partial charge on any atom is -0.345 e. The maximum absolute atomic E-state index is 13.3. The van der Waals surface area contributed by atoms with Crippen molar-refractivity contribution in [3.63, 3.8) is 0 Å². The van der Waals surface area contributed by atoms with Gasteiger partial charge in [0, 0.05) is 54.7 Å². The first-order chi connectivity index (χ1) is 15.7. The van der Waals surface area contributed by atoms with Gasteiger partial charge in [0.2, 0.25) is 5.95 Å². The Morgan fingerprint density at radius 1 is 1.18 bits per heavy atom. The molecule has 0 radical (unpaired) electrons. The SMILES string of the molecule is CC(C)n1c(=O)c2cnc(Nc3cc4c([nH]3)CCNC4)nc2n1-c1ccnc(C(C)(C)C)c1. The van der Waals surface area contributed by atoms with Crippen molar-refractivity contribution in [2.75, 3.05) is 11.9 Å². The highest BCUT2D eigenvalue weighted by atomic mass is 16.1. The largest absolute Gasteiger partial charge is 0.345 e. The molecule has 0 saturated heterocycles. The Labute approximate surface area is 192 Å². The smallest absolute Gasteiger partial charge is 0.278 e. The van der Waals surface area contributed by atoms with Gasteiger partial charge in [-0.15, -0.1) is 0 Å². The number of nitrogens with zero attached hydrogens (tertiary/aromatic N) is 5. The minimum absolute atomic E-state index is 0.0583. The van der Waals surface area contributed by atoms with Crippen LogP contribution in [0.5, 0.6) is 0 Å². The zero-order chi connectivity index (χ0) is 23.3. The molecule has 0 spiro atoms. The Balaban J connectivity index is 1.64. The summed E-state index contributed by atoms with van der Waals surface area (Å²) in [5.74, 6) is 1.29. The molecule has 1 aliphatic heterocycles. The van der Waals surface area contributed by atoms with Crippen molar-refractivity contribution in [2.45, 2.75) is 59.0 Å². The molecule has 1 aliphatic rings. The van der Waals surface area contributed by atoms with E-state index in [1.807, 2.05) is 30.7 Å². The van der Waals surface area contributed by atoms with Crippen molar-refractivity contribution in [2.24, 2.45) is 0 Å². The first-order valence-electron chi connectivity index (χ1n) is 11.4. The summed E-state index contributed by atoms with van der Waals surface area (Å²) in [5.41, 5.74) is 4.61. The maximum atomic E-state index is 13.3. The fourth-order valence-electron chi connectivity index (χ4n) is 4.28. The van der Waals surface area contributed by atoms with E-state index in [9.17, 15) is 4.79 Å². The first-order valence-corrected chi connectivity index (χ1v) is 11.4. The number of nitrogens with one attached hydrogen (secondary N) is 3. The van der Waals surface area contributed by atoms with Crippen LogP contribution in [0.25, 0.3) is 16.7 Å². The number of aromatic nitrogens is 6. The Morgan fingerprint density at radius 2 is 2.00 bits per heavy atom. The van der Waals surface area contributed by atoms with Crippen molar-refractivity contribution in [3.8, 4) is 5.69 Å². The lowest BCUT2D eigenvalue weighted by Gasteiger charge is -2.20. The van der Waals surface area contributed by atoms with Crippen molar-refractivity contribution in [1.82, 2.24) is 34.6 Å². The molecule has 0 aliphatic carbocycles. The molecule has 0 bridgehead atoms. The van der Waals surface area contributed by atoms with Gasteiger partial charge in [-0.3, -0.25) is 9.78 Å². The average molecular weight is 447 g/mol. The van der Waals surface area contributed by atoms with Crippen LogP contribution in [0.3, 0.4) is 0 Å². The number of anilines is 2. The van der Waals surface area contributed by atoms with Crippen LogP contribution in [0.4, 0.5) is 11.8 Å². The second-order valence-electron chi connectivity index (χ2n) is 9.87. The zero-order valence-electron chi connectivity index (χ0n) is 19.7. The lowest BCUT2D eigenvalue weighted by atomic mass is 9.91. The normalized spacial score (nSPS) is 14.1. The average Bonchev–Trinajstić information content (AvgIpc) is 3.31. The van der Waals surface area contributed by atoms with E-state index in [1.165, 1.54) is 11.3 Å². The summed E-state index contributed by atoms with van der Waals surface area (Å²) in [7, 11) is 0. The molecule has 4 aromatic rings. The van der Waals surface area contributed by atoms with E-state index in [4.69, 9.17) is 4.98 Å². The summed E-state index contributed by atoms with van der Waals surface area (Å²) in [4.78, 5) is 30.4. The molecule has 0 aromatic carbocycles. The quantitative estimate of drug-likeness (QED) is 0.443. The Kier molecular flexibility index (Phi) is 5.08. The molecule has 4 aromatic heterocycles. The Bertz CT molecular complexity index is 1360. The highest BCUT2D eigenvalue weighted by Crippen LogP contribution is 2.25. The predicted molar refractivity (Wildman–Crippen MR) is 129 cm³/mol. The summed E-state index contributed by atoms with van der Waals surface area (Å²) < 4.78 is 3.61. The van der Waals surface area contributed by atoms with E-state index in [2.05, 4.69) is 52.4 Å². The molecule has 5 heterocycles. The number of rotatable bonds is 4. The van der Waals surface area contributed by atoms with E-state index in [1.54, 1.807) is 17.1 Å². The van der Waals surface area contributed by atoms with Gasteiger partial charge in [-0.25, -0.2) is 14.3 Å². The summed E-state index contributed by atoms with van der Waals surface area (Å²) in [6.45, 7) is 12.2. The maximum Gasteiger partial charge on any atom is 0.278 e. The standard InChI is InChI=1S/C24H30N8O/c1-14(2)31-22(33)17-13-27-23(29-20-10-15-12-25-8-7-18(15)28-20)30-21(17)32(31)16-6-9-26-19(11-16)24(3,4)5/h6,9-11,13-14,25,28H,7-8,12H2,1-5H3,(H,27,29,30). The molecule has 0 unspecified atom stereocenters. The zero-order valence-corrected chi connectivity index (χ0v) is 19.7. The molecule has 172 valence electrons. The lowest BCUT2D eigenvalue weighted by Crippen LogP contribution is -2.24. The van der Waals surface area contributed by atoms with E-state index < -0.39 is 0 Å². The van der Waals surface area contributed by atoms with Crippen LogP contribution >= 0.6 is 0 Å². The van der Waals surface area contributed by atoms with Crippen LogP contribution in [0.2, 0.25) is 0 Å². The minimum atomic E-state index is -0.120. The van der Waals surface area contributed by atoms with Crippen molar-refractivity contribution >= 4 is 22.8 Å². The second-order valence-corrected chi connectivity index (χ2v) is 9.87. The first kappa shape index (κ1) is 21.4. The third-order valence-corrected chi connectivity index (χ3v) is 5.97. The Hall–Kier alpha value is -3.46. The molecule has 33 heavy (non-hydrogen) atoms. The highest BCUT2D eigenvalue weighted by Gasteiger charge is 2.22. The van der Waals surface area contributed by atoms with Crippen LogP contribution in [0, 0.1) is 0 Å². The highest BCUT2D eigenvalue weighted by molar-refractivity contribution is 5.77. The number of fused-ring (bicyclic) bond motifs is 2. The van der Waals surface area contributed by atoms with Crippen molar-refractivity contribution in [3.05, 3.63) is 57.9 Å². The third-order valence-electron chi connectivity index (χ3n) is 5.97. The molecule has 9 nitrogen and oxygen atoms in total. The van der Waals surface area contributed by atoms with Crippen LogP contribution in [-0.4, -0.2) is 35.8 Å². The topological polar surface area (TPSA) is 105 Å². The van der Waals surface area contributed by atoms with Gasteiger partial charge in [-0.1, -0.05) is 20.8 Å². The van der Waals surface area contributed by atoms with E-state index in [-0.39, 0.29) is 17.0 Å². The summed E-state index contributed by atoms with van der Waals surface area (Å²) in [5, 5.41) is 7.15. The van der Waals surface area contributed by atoms with E-state index in [0.717, 1.165) is 36.7 Å². The fraction of sp³-hybridized carbons (Fsp3) is 0.417. The molecule has 0 atom stereocenters. The van der Waals surface area contributed by atoms with Gasteiger partial charge in [-0.2, -0.15) is 4.98 Å². The van der Waals surface area contributed by atoms with Crippen LogP contribution in [0.1, 0.15) is 57.6 Å². The number of hydrogen-bond donors (Lipinski definition) is 3. The van der Waals surface area contributed by atoms with E-state index in [0.29, 0.717) is 17.0 Å².